The van der Waals surface area contributed by atoms with Gasteiger partial charge in [0.05, 0.1) is 12.7 Å². The first kappa shape index (κ1) is 13.5. The van der Waals surface area contributed by atoms with Crippen molar-refractivity contribution < 1.29 is 15.0 Å². The summed E-state index contributed by atoms with van der Waals surface area (Å²) >= 11 is 0. The number of nitrogens with one attached hydrogen (secondary N) is 2. The quantitative estimate of drug-likeness (QED) is 0.587. The molecule has 1 unspecified atom stereocenters. The van der Waals surface area contributed by atoms with Crippen molar-refractivity contribution in [2.24, 2.45) is 0 Å². The van der Waals surface area contributed by atoms with Crippen LogP contribution in [0.2, 0.25) is 0 Å². The highest BCUT2D eigenvalue weighted by Gasteiger charge is 2.07. The summed E-state index contributed by atoms with van der Waals surface area (Å²) in [4.78, 5) is 11.4. The number of aliphatic hydroxyl groups is 2. The Morgan fingerprint density at radius 1 is 1.47 bits per heavy atom. The van der Waals surface area contributed by atoms with Crippen molar-refractivity contribution >= 4 is 11.6 Å². The molecule has 5 heteroatoms. The maximum Gasteiger partial charge on any atom is 0.251 e. The second-order valence-electron chi connectivity index (χ2n) is 3.83. The van der Waals surface area contributed by atoms with Gasteiger partial charge in [-0.2, -0.15) is 0 Å². The Labute approximate surface area is 100 Å². The van der Waals surface area contributed by atoms with Crippen LogP contribution in [0.3, 0.4) is 0 Å². The van der Waals surface area contributed by atoms with Crippen molar-refractivity contribution in [1.82, 2.24) is 5.32 Å². The molecule has 0 saturated heterocycles. The van der Waals surface area contributed by atoms with Crippen LogP contribution in [0.5, 0.6) is 0 Å². The largest absolute Gasteiger partial charge is 0.394 e. The summed E-state index contributed by atoms with van der Waals surface area (Å²) < 4.78 is 0. The molecule has 0 saturated carbocycles. The predicted molar refractivity (Wildman–Crippen MR) is 66.2 cm³/mol. The Bertz CT molecular complexity index is 393. The molecule has 5 nitrogen and oxygen atoms in total. The van der Waals surface area contributed by atoms with E-state index in [9.17, 15) is 9.90 Å². The van der Waals surface area contributed by atoms with E-state index in [4.69, 9.17) is 5.11 Å². The first-order chi connectivity index (χ1) is 8.08. The number of carbonyl (C=O) groups excluding carboxylic acids is 1. The van der Waals surface area contributed by atoms with E-state index in [1.165, 1.54) is 0 Å². The highest BCUT2D eigenvalue weighted by atomic mass is 16.3. The summed E-state index contributed by atoms with van der Waals surface area (Å²) in [7, 11) is 1.57. The summed E-state index contributed by atoms with van der Waals surface area (Å²) in [6, 6.07) is 5.29. The van der Waals surface area contributed by atoms with E-state index < -0.39 is 6.10 Å². The smallest absolute Gasteiger partial charge is 0.251 e. The molecule has 0 fully saturated rings. The Morgan fingerprint density at radius 2 is 2.18 bits per heavy atom. The van der Waals surface area contributed by atoms with Crippen LogP contribution in [-0.2, 0) is 0 Å². The summed E-state index contributed by atoms with van der Waals surface area (Å²) in [6.45, 7) is 1.86. The van der Waals surface area contributed by atoms with E-state index in [2.05, 4.69) is 10.6 Å². The minimum absolute atomic E-state index is 0.157. The number of rotatable bonds is 5. The second kappa shape index (κ2) is 6.22. The summed E-state index contributed by atoms with van der Waals surface area (Å²) in [5.74, 6) is -0.157. The molecule has 1 amide bonds. The summed E-state index contributed by atoms with van der Waals surface area (Å²) in [6.07, 6.45) is -0.807. The van der Waals surface area contributed by atoms with Gasteiger partial charge in [-0.05, 0) is 24.6 Å². The van der Waals surface area contributed by atoms with Crippen LogP contribution in [-0.4, -0.2) is 42.4 Å². The van der Waals surface area contributed by atoms with Crippen molar-refractivity contribution in [3.8, 4) is 0 Å². The first-order valence-corrected chi connectivity index (χ1v) is 5.44. The average molecular weight is 238 g/mol. The molecule has 4 N–H and O–H groups in total. The summed E-state index contributed by atoms with van der Waals surface area (Å²) in [5, 5.41) is 23.5. The van der Waals surface area contributed by atoms with Crippen molar-refractivity contribution in [3.05, 3.63) is 29.3 Å². The zero-order valence-corrected chi connectivity index (χ0v) is 10.0. The molecule has 0 aromatic heterocycles. The van der Waals surface area contributed by atoms with Gasteiger partial charge in [-0.25, -0.2) is 0 Å². The van der Waals surface area contributed by atoms with Gasteiger partial charge >= 0.3 is 0 Å². The minimum Gasteiger partial charge on any atom is -0.394 e. The van der Waals surface area contributed by atoms with Crippen LogP contribution in [0.25, 0.3) is 0 Å². The molecule has 17 heavy (non-hydrogen) atoms. The average Bonchev–Trinajstić information content (AvgIpc) is 2.36. The highest BCUT2D eigenvalue weighted by Crippen LogP contribution is 2.16. The topological polar surface area (TPSA) is 81.6 Å². The number of hydrogen-bond acceptors (Lipinski definition) is 4. The van der Waals surface area contributed by atoms with Crippen LogP contribution in [0.15, 0.2) is 18.2 Å². The molecule has 1 aromatic carbocycles. The maximum absolute atomic E-state index is 11.4. The lowest BCUT2D eigenvalue weighted by atomic mass is 10.1. The fourth-order valence-corrected chi connectivity index (χ4v) is 1.39. The molecular weight excluding hydrogens is 220 g/mol. The SMILES string of the molecule is CNC(=O)c1ccc(C)c(NCC(O)CO)c1. The fraction of sp³-hybridized carbons (Fsp3) is 0.417. The first-order valence-electron chi connectivity index (χ1n) is 5.44. The number of hydrogen-bond donors (Lipinski definition) is 4. The van der Waals surface area contributed by atoms with E-state index in [-0.39, 0.29) is 19.1 Å². The Hall–Kier alpha value is -1.59. The van der Waals surface area contributed by atoms with Crippen molar-refractivity contribution in [2.75, 3.05) is 25.5 Å². The molecule has 94 valence electrons. The van der Waals surface area contributed by atoms with Crippen molar-refractivity contribution in [1.29, 1.82) is 0 Å². The second-order valence-corrected chi connectivity index (χ2v) is 3.83. The third kappa shape index (κ3) is 3.72. The van der Waals surface area contributed by atoms with Gasteiger partial charge in [0.2, 0.25) is 0 Å². The summed E-state index contributed by atoms with van der Waals surface area (Å²) in [5.41, 5.74) is 2.31. The number of anilines is 1. The monoisotopic (exact) mass is 238 g/mol. The molecular formula is C12H18N2O3. The van der Waals surface area contributed by atoms with E-state index in [0.717, 1.165) is 11.3 Å². The van der Waals surface area contributed by atoms with Gasteiger partial charge in [0.1, 0.15) is 0 Å². The molecule has 1 aromatic rings. The van der Waals surface area contributed by atoms with Gasteiger partial charge in [0, 0.05) is 24.8 Å². The van der Waals surface area contributed by atoms with Crippen LogP contribution in [0.1, 0.15) is 15.9 Å². The third-order valence-corrected chi connectivity index (χ3v) is 2.47. The van der Waals surface area contributed by atoms with E-state index >= 15 is 0 Å². The zero-order valence-electron chi connectivity index (χ0n) is 10.0. The van der Waals surface area contributed by atoms with Gasteiger partial charge in [0.25, 0.3) is 5.91 Å². The number of aliphatic hydroxyl groups excluding tert-OH is 2. The Kier molecular flexibility index (Phi) is 4.93. The highest BCUT2D eigenvalue weighted by molar-refractivity contribution is 5.95. The lowest BCUT2D eigenvalue weighted by molar-refractivity contribution is 0.0963. The van der Waals surface area contributed by atoms with E-state index in [1.807, 2.05) is 13.0 Å². The zero-order chi connectivity index (χ0) is 12.8. The van der Waals surface area contributed by atoms with Crippen LogP contribution in [0.4, 0.5) is 5.69 Å². The normalized spacial score (nSPS) is 12.0. The van der Waals surface area contributed by atoms with Crippen molar-refractivity contribution in [3.63, 3.8) is 0 Å². The predicted octanol–water partition coefficient (Wildman–Crippen LogP) is 0.120. The molecule has 0 heterocycles. The van der Waals surface area contributed by atoms with Gasteiger partial charge in [-0.15, -0.1) is 0 Å². The minimum atomic E-state index is -0.807. The Morgan fingerprint density at radius 3 is 2.76 bits per heavy atom. The molecule has 0 radical (unpaired) electrons. The molecule has 0 spiro atoms. The van der Waals surface area contributed by atoms with Gasteiger partial charge in [0.15, 0.2) is 0 Å². The number of amides is 1. The maximum atomic E-state index is 11.4. The molecule has 0 aliphatic carbocycles. The Balaban J connectivity index is 2.80. The molecule has 1 atom stereocenters. The van der Waals surface area contributed by atoms with E-state index in [0.29, 0.717) is 5.56 Å². The number of benzene rings is 1. The van der Waals surface area contributed by atoms with Crippen LogP contribution >= 0.6 is 0 Å². The lowest BCUT2D eigenvalue weighted by Crippen LogP contribution is -2.23. The number of carbonyl (C=O) groups is 1. The standard InChI is InChI=1S/C12H18N2O3/c1-8-3-4-9(12(17)13-2)5-11(8)14-6-10(16)7-15/h3-5,10,14-16H,6-7H2,1-2H3,(H,13,17). The fourth-order valence-electron chi connectivity index (χ4n) is 1.39. The van der Waals surface area contributed by atoms with E-state index in [1.54, 1.807) is 19.2 Å². The molecule has 1 rings (SSSR count). The molecule has 0 aliphatic heterocycles. The van der Waals surface area contributed by atoms with Crippen LogP contribution in [0, 0.1) is 6.92 Å². The molecule has 0 aliphatic rings. The molecule has 0 bridgehead atoms. The van der Waals surface area contributed by atoms with Gasteiger partial charge < -0.3 is 20.8 Å². The van der Waals surface area contributed by atoms with Crippen molar-refractivity contribution in [2.45, 2.75) is 13.0 Å². The third-order valence-electron chi connectivity index (χ3n) is 2.47. The lowest BCUT2D eigenvalue weighted by Gasteiger charge is -2.13. The van der Waals surface area contributed by atoms with Gasteiger partial charge in [-0.3, -0.25) is 4.79 Å². The van der Waals surface area contributed by atoms with Gasteiger partial charge in [-0.1, -0.05) is 6.07 Å². The van der Waals surface area contributed by atoms with Crippen LogP contribution < -0.4 is 10.6 Å². The number of aryl methyl sites for hydroxylation is 1.